The number of ether oxygens (including phenoxy) is 1. The van der Waals surface area contributed by atoms with Gasteiger partial charge in [-0.25, -0.2) is 9.48 Å². The number of fused-ring (bicyclic) bond motifs is 1. The molecule has 1 aromatic heterocycles. The molecular weight excluding hydrogens is 300 g/mol. The van der Waals surface area contributed by atoms with E-state index >= 15 is 0 Å². The summed E-state index contributed by atoms with van der Waals surface area (Å²) in [5, 5.41) is 10.4. The number of nitrogens with one attached hydrogen (secondary N) is 2. The molecule has 0 bridgehead atoms. The second-order valence-corrected chi connectivity index (χ2v) is 4.91. The Morgan fingerprint density at radius 1 is 1.35 bits per heavy atom. The van der Waals surface area contributed by atoms with Crippen LogP contribution in [0.1, 0.15) is 6.92 Å². The third-order valence-electron chi connectivity index (χ3n) is 3.30. The second kappa shape index (κ2) is 7.39. The molecule has 0 radical (unpaired) electrons. The molecule has 1 atom stereocenters. The van der Waals surface area contributed by atoms with Crippen LogP contribution in [0.25, 0.3) is 10.8 Å². The first-order chi connectivity index (χ1) is 11.0. The summed E-state index contributed by atoms with van der Waals surface area (Å²) in [6, 6.07) is 6.44. The van der Waals surface area contributed by atoms with Gasteiger partial charge in [0.2, 0.25) is 5.91 Å². The molecule has 0 fully saturated rings. The molecule has 2 N–H and O–H groups in total. The van der Waals surface area contributed by atoms with Gasteiger partial charge in [-0.05, 0) is 13.0 Å². The number of hydrogen-bond acceptors (Lipinski definition) is 5. The Labute approximate surface area is 132 Å². The van der Waals surface area contributed by atoms with E-state index in [1.54, 1.807) is 18.3 Å². The summed E-state index contributed by atoms with van der Waals surface area (Å²) in [7, 11) is 1.22. The smallest absolute Gasteiger partial charge is 0.407 e. The van der Waals surface area contributed by atoms with Crippen molar-refractivity contribution in [2.75, 3.05) is 13.7 Å². The van der Waals surface area contributed by atoms with Crippen LogP contribution < -0.4 is 16.2 Å². The molecule has 1 heterocycles. The summed E-state index contributed by atoms with van der Waals surface area (Å²) in [4.78, 5) is 35.1. The van der Waals surface area contributed by atoms with E-state index in [1.807, 2.05) is 12.1 Å². The van der Waals surface area contributed by atoms with Crippen molar-refractivity contribution in [1.82, 2.24) is 20.4 Å². The summed E-state index contributed by atoms with van der Waals surface area (Å²) in [5.41, 5.74) is -0.210. The Hall–Kier alpha value is -2.90. The second-order valence-electron chi connectivity index (χ2n) is 4.91. The molecule has 0 saturated carbocycles. The number of carbonyl (C=O) groups is 2. The number of benzene rings is 1. The maximum absolute atomic E-state index is 12.2. The monoisotopic (exact) mass is 318 g/mol. The van der Waals surface area contributed by atoms with Crippen LogP contribution in [0.4, 0.5) is 4.79 Å². The number of hydrogen-bond donors (Lipinski definition) is 2. The zero-order chi connectivity index (χ0) is 16.8. The van der Waals surface area contributed by atoms with Crippen LogP contribution in [-0.2, 0) is 16.1 Å². The van der Waals surface area contributed by atoms with Gasteiger partial charge in [-0.15, -0.1) is 0 Å². The molecule has 8 heteroatoms. The number of nitrogens with zero attached hydrogens (tertiary/aromatic N) is 2. The standard InChI is InChI=1S/C15H18N4O4/c1-10(18-15(22)23-2)13(20)16-7-8-19-14(21)12-6-4-3-5-11(12)9-17-19/h3-6,9-10H,7-8H2,1-2H3,(H,16,20)(H,18,22)/t10-/m1/s1. The molecule has 0 spiro atoms. The van der Waals surface area contributed by atoms with Gasteiger partial charge in [-0.3, -0.25) is 9.59 Å². The number of rotatable bonds is 5. The van der Waals surface area contributed by atoms with Gasteiger partial charge in [-0.1, -0.05) is 18.2 Å². The zero-order valence-electron chi connectivity index (χ0n) is 12.9. The molecule has 8 nitrogen and oxygen atoms in total. The van der Waals surface area contributed by atoms with Crippen molar-refractivity contribution in [1.29, 1.82) is 0 Å². The van der Waals surface area contributed by atoms with Gasteiger partial charge in [0.15, 0.2) is 0 Å². The van der Waals surface area contributed by atoms with Crippen molar-refractivity contribution in [2.24, 2.45) is 0 Å². The first-order valence-electron chi connectivity index (χ1n) is 7.10. The highest BCUT2D eigenvalue weighted by atomic mass is 16.5. The Kier molecular flexibility index (Phi) is 5.29. The van der Waals surface area contributed by atoms with Crippen molar-refractivity contribution in [3.8, 4) is 0 Å². The Balaban J connectivity index is 1.94. The fourth-order valence-corrected chi connectivity index (χ4v) is 2.03. The van der Waals surface area contributed by atoms with Crippen molar-refractivity contribution >= 4 is 22.8 Å². The number of amides is 2. The highest BCUT2D eigenvalue weighted by Gasteiger charge is 2.15. The molecule has 2 amide bonds. The summed E-state index contributed by atoms with van der Waals surface area (Å²) in [6.45, 7) is 1.99. The Bertz CT molecular complexity index is 771. The first kappa shape index (κ1) is 16.5. The summed E-state index contributed by atoms with van der Waals surface area (Å²) in [6.07, 6.45) is 0.931. The van der Waals surface area contributed by atoms with Crippen LogP contribution in [0.15, 0.2) is 35.3 Å². The lowest BCUT2D eigenvalue weighted by atomic mass is 10.2. The number of carbonyl (C=O) groups excluding carboxylic acids is 2. The molecule has 1 aromatic carbocycles. The largest absolute Gasteiger partial charge is 0.453 e. The van der Waals surface area contributed by atoms with Crippen LogP contribution >= 0.6 is 0 Å². The van der Waals surface area contributed by atoms with E-state index in [-0.39, 0.29) is 24.6 Å². The van der Waals surface area contributed by atoms with E-state index in [0.29, 0.717) is 5.39 Å². The minimum absolute atomic E-state index is 0.210. The fourth-order valence-electron chi connectivity index (χ4n) is 2.03. The van der Waals surface area contributed by atoms with Crippen LogP contribution in [0.5, 0.6) is 0 Å². The molecule has 0 unspecified atom stereocenters. The maximum atomic E-state index is 12.2. The first-order valence-corrected chi connectivity index (χ1v) is 7.10. The third-order valence-corrected chi connectivity index (χ3v) is 3.30. The molecule has 2 aromatic rings. The lowest BCUT2D eigenvalue weighted by molar-refractivity contribution is -0.122. The van der Waals surface area contributed by atoms with Gasteiger partial charge < -0.3 is 15.4 Å². The molecule has 122 valence electrons. The van der Waals surface area contributed by atoms with E-state index < -0.39 is 12.1 Å². The van der Waals surface area contributed by atoms with Gasteiger partial charge in [0.25, 0.3) is 5.56 Å². The van der Waals surface area contributed by atoms with Gasteiger partial charge in [0, 0.05) is 11.9 Å². The predicted molar refractivity (Wildman–Crippen MR) is 84.0 cm³/mol. The highest BCUT2D eigenvalue weighted by Crippen LogP contribution is 2.05. The third kappa shape index (κ3) is 4.06. The van der Waals surface area contributed by atoms with Gasteiger partial charge in [0.05, 0.1) is 25.2 Å². The van der Waals surface area contributed by atoms with Crippen molar-refractivity contribution in [3.63, 3.8) is 0 Å². The molecule has 2 rings (SSSR count). The van der Waals surface area contributed by atoms with Crippen LogP contribution in [0.2, 0.25) is 0 Å². The summed E-state index contributed by atoms with van der Waals surface area (Å²) in [5.74, 6) is -0.371. The molecule has 23 heavy (non-hydrogen) atoms. The van der Waals surface area contributed by atoms with Gasteiger partial charge >= 0.3 is 6.09 Å². The van der Waals surface area contributed by atoms with E-state index in [1.165, 1.54) is 18.7 Å². The maximum Gasteiger partial charge on any atom is 0.407 e. The van der Waals surface area contributed by atoms with E-state index in [9.17, 15) is 14.4 Å². The van der Waals surface area contributed by atoms with Crippen molar-refractivity contribution < 1.29 is 14.3 Å². The quantitative estimate of drug-likeness (QED) is 0.823. The van der Waals surface area contributed by atoms with E-state index in [4.69, 9.17) is 0 Å². The number of aromatic nitrogens is 2. The van der Waals surface area contributed by atoms with Crippen LogP contribution in [0, 0.1) is 0 Å². The van der Waals surface area contributed by atoms with Crippen molar-refractivity contribution in [3.05, 3.63) is 40.8 Å². The fraction of sp³-hybridized carbons (Fsp3) is 0.333. The van der Waals surface area contributed by atoms with Crippen molar-refractivity contribution in [2.45, 2.75) is 19.5 Å². The molecule has 0 saturated heterocycles. The normalized spacial score (nSPS) is 11.7. The Morgan fingerprint density at radius 3 is 2.83 bits per heavy atom. The Morgan fingerprint density at radius 2 is 2.09 bits per heavy atom. The molecular formula is C15H18N4O4. The minimum atomic E-state index is -0.733. The van der Waals surface area contributed by atoms with Gasteiger partial charge in [-0.2, -0.15) is 5.10 Å². The minimum Gasteiger partial charge on any atom is -0.453 e. The van der Waals surface area contributed by atoms with Gasteiger partial charge in [0.1, 0.15) is 6.04 Å². The lowest BCUT2D eigenvalue weighted by Crippen LogP contribution is -2.45. The van der Waals surface area contributed by atoms with Crippen LogP contribution in [-0.4, -0.2) is 41.5 Å². The molecule has 0 aliphatic heterocycles. The zero-order valence-corrected chi connectivity index (χ0v) is 12.9. The summed E-state index contributed by atoms with van der Waals surface area (Å²) >= 11 is 0. The SMILES string of the molecule is COC(=O)N[C@H](C)C(=O)NCCn1ncc2ccccc2c1=O. The number of methoxy groups -OCH3 is 1. The molecule has 0 aliphatic carbocycles. The summed E-state index contributed by atoms with van der Waals surface area (Å²) < 4.78 is 5.71. The lowest BCUT2D eigenvalue weighted by Gasteiger charge is -2.13. The average molecular weight is 318 g/mol. The topological polar surface area (TPSA) is 102 Å². The van der Waals surface area contributed by atoms with Crippen LogP contribution in [0.3, 0.4) is 0 Å². The van der Waals surface area contributed by atoms with E-state index in [0.717, 1.165) is 5.39 Å². The average Bonchev–Trinajstić information content (AvgIpc) is 2.56. The number of alkyl carbamates (subject to hydrolysis) is 1. The predicted octanol–water partition coefficient (Wildman–Crippen LogP) is 0.257. The van der Waals surface area contributed by atoms with E-state index in [2.05, 4.69) is 20.5 Å². The highest BCUT2D eigenvalue weighted by molar-refractivity contribution is 5.85. The molecule has 0 aliphatic rings.